The molecular weight excluding hydrogens is 435 g/mol. The molecule has 0 aliphatic carbocycles. The van der Waals surface area contributed by atoms with Gasteiger partial charge in [-0.3, -0.25) is 4.79 Å². The summed E-state index contributed by atoms with van der Waals surface area (Å²) >= 11 is 6.35. The molecule has 2 fully saturated rings. The van der Waals surface area contributed by atoms with Crippen molar-refractivity contribution in [1.29, 1.82) is 0 Å². The third kappa shape index (κ3) is 5.95. The van der Waals surface area contributed by atoms with Crippen LogP contribution in [0.15, 0.2) is 30.5 Å². The van der Waals surface area contributed by atoms with Gasteiger partial charge in [0.15, 0.2) is 0 Å². The standard InChI is InChI=1S/C23H28ClFN4O3/c24-20-13-28-22(29-23(30)16-12-26-5-8-32-14-16)10-18(20)19-9-17(1-2-21(19)25)27-11-15-3-6-31-7-4-15/h1-2,9-10,13,15-16,26-27H,3-8,11-12,14H2,(H,28,29,30)/t16-/m0/s1. The minimum atomic E-state index is -0.395. The van der Waals surface area contributed by atoms with Gasteiger partial charge in [0.1, 0.15) is 11.6 Å². The van der Waals surface area contributed by atoms with E-state index in [2.05, 4.69) is 20.9 Å². The van der Waals surface area contributed by atoms with Gasteiger partial charge in [-0.1, -0.05) is 11.6 Å². The molecule has 32 heavy (non-hydrogen) atoms. The van der Waals surface area contributed by atoms with Crippen LogP contribution in [-0.4, -0.2) is 57.0 Å². The van der Waals surface area contributed by atoms with E-state index in [-0.39, 0.29) is 11.8 Å². The van der Waals surface area contributed by atoms with Crippen LogP contribution in [0, 0.1) is 17.7 Å². The zero-order chi connectivity index (χ0) is 22.3. The van der Waals surface area contributed by atoms with Crippen LogP contribution >= 0.6 is 11.6 Å². The summed E-state index contributed by atoms with van der Waals surface area (Å²) in [4.78, 5) is 16.8. The number of benzene rings is 1. The van der Waals surface area contributed by atoms with Gasteiger partial charge in [0.25, 0.3) is 0 Å². The lowest BCUT2D eigenvalue weighted by molar-refractivity contribution is -0.121. The van der Waals surface area contributed by atoms with E-state index in [9.17, 15) is 9.18 Å². The summed E-state index contributed by atoms with van der Waals surface area (Å²) in [7, 11) is 0. The Kier molecular flexibility index (Phi) is 7.91. The van der Waals surface area contributed by atoms with Crippen molar-refractivity contribution in [1.82, 2.24) is 10.3 Å². The van der Waals surface area contributed by atoms with E-state index in [1.54, 1.807) is 18.2 Å². The molecule has 0 unspecified atom stereocenters. The molecule has 2 aliphatic heterocycles. The molecule has 2 aliphatic rings. The summed E-state index contributed by atoms with van der Waals surface area (Å²) in [5.74, 6) is -0.0709. The molecule has 1 amide bonds. The molecule has 1 aromatic carbocycles. The predicted octanol–water partition coefficient (Wildman–Crippen LogP) is 3.55. The average molecular weight is 463 g/mol. The Morgan fingerprint density at radius 2 is 2.03 bits per heavy atom. The second-order valence-electron chi connectivity index (χ2n) is 8.15. The van der Waals surface area contributed by atoms with Gasteiger partial charge in [-0.05, 0) is 43.0 Å². The number of nitrogens with zero attached hydrogens (tertiary/aromatic N) is 1. The lowest BCUT2D eigenvalue weighted by Crippen LogP contribution is -2.33. The molecule has 1 atom stereocenters. The summed E-state index contributed by atoms with van der Waals surface area (Å²) in [5.41, 5.74) is 1.64. The number of halogens is 2. The quantitative estimate of drug-likeness (QED) is 0.608. The van der Waals surface area contributed by atoms with Crippen LogP contribution in [0.5, 0.6) is 0 Å². The van der Waals surface area contributed by atoms with Crippen molar-refractivity contribution in [3.8, 4) is 11.1 Å². The fourth-order valence-electron chi connectivity index (χ4n) is 3.87. The summed E-state index contributed by atoms with van der Waals surface area (Å²) in [6.07, 6.45) is 3.46. The number of anilines is 2. The first-order valence-electron chi connectivity index (χ1n) is 11.0. The average Bonchev–Trinajstić information content (AvgIpc) is 3.10. The highest BCUT2D eigenvalue weighted by molar-refractivity contribution is 6.33. The van der Waals surface area contributed by atoms with Crippen LogP contribution in [0.1, 0.15) is 12.8 Å². The zero-order valence-corrected chi connectivity index (χ0v) is 18.6. The molecule has 0 radical (unpaired) electrons. The number of aromatic nitrogens is 1. The minimum absolute atomic E-state index is 0.201. The van der Waals surface area contributed by atoms with Gasteiger partial charge < -0.3 is 25.4 Å². The predicted molar refractivity (Wildman–Crippen MR) is 122 cm³/mol. The molecular formula is C23H28ClFN4O3. The number of hydrogen-bond donors (Lipinski definition) is 3. The summed E-state index contributed by atoms with van der Waals surface area (Å²) in [6.45, 7) is 4.53. The smallest absolute Gasteiger partial charge is 0.232 e. The lowest BCUT2D eigenvalue weighted by atomic mass is 10.00. The van der Waals surface area contributed by atoms with Crippen LogP contribution in [0.2, 0.25) is 5.02 Å². The first-order valence-corrected chi connectivity index (χ1v) is 11.3. The maximum atomic E-state index is 14.7. The Bertz CT molecular complexity index is 931. The summed E-state index contributed by atoms with van der Waals surface area (Å²) < 4.78 is 25.6. The minimum Gasteiger partial charge on any atom is -0.385 e. The molecule has 7 nitrogen and oxygen atoms in total. The second kappa shape index (κ2) is 11.0. The van der Waals surface area contributed by atoms with Crippen molar-refractivity contribution < 1.29 is 18.7 Å². The van der Waals surface area contributed by atoms with Crippen LogP contribution in [0.3, 0.4) is 0 Å². The number of carbonyl (C=O) groups is 1. The molecule has 0 saturated carbocycles. The molecule has 2 aromatic rings. The van der Waals surface area contributed by atoms with E-state index in [0.29, 0.717) is 54.2 Å². The number of ether oxygens (including phenoxy) is 2. The van der Waals surface area contributed by atoms with E-state index >= 15 is 0 Å². The van der Waals surface area contributed by atoms with Gasteiger partial charge in [0.2, 0.25) is 5.91 Å². The number of nitrogens with one attached hydrogen (secondary N) is 3. The third-order valence-electron chi connectivity index (χ3n) is 5.80. The topological polar surface area (TPSA) is 84.5 Å². The highest BCUT2D eigenvalue weighted by Crippen LogP contribution is 2.33. The number of hydrogen-bond acceptors (Lipinski definition) is 6. The van der Waals surface area contributed by atoms with Crippen molar-refractivity contribution in [2.75, 3.05) is 56.7 Å². The Morgan fingerprint density at radius 1 is 1.19 bits per heavy atom. The molecule has 9 heteroatoms. The maximum Gasteiger partial charge on any atom is 0.232 e. The first kappa shape index (κ1) is 22.9. The van der Waals surface area contributed by atoms with Crippen LogP contribution in [-0.2, 0) is 14.3 Å². The van der Waals surface area contributed by atoms with Gasteiger partial charge in [-0.25, -0.2) is 9.37 Å². The monoisotopic (exact) mass is 462 g/mol. The summed E-state index contributed by atoms with van der Waals surface area (Å²) in [6, 6.07) is 6.48. The van der Waals surface area contributed by atoms with Gasteiger partial charge >= 0.3 is 0 Å². The molecule has 0 bridgehead atoms. The lowest BCUT2D eigenvalue weighted by Gasteiger charge is -2.23. The number of amides is 1. The number of carbonyl (C=O) groups excluding carboxylic acids is 1. The maximum absolute atomic E-state index is 14.7. The van der Waals surface area contributed by atoms with Crippen molar-refractivity contribution in [3.63, 3.8) is 0 Å². The van der Waals surface area contributed by atoms with Crippen molar-refractivity contribution in [2.24, 2.45) is 11.8 Å². The SMILES string of the molecule is O=C(Nc1cc(-c2cc(NCC3CCOCC3)ccc2F)c(Cl)cn1)[C@H]1CNCCOC1. The Morgan fingerprint density at radius 3 is 2.88 bits per heavy atom. The normalized spacial score (nSPS) is 19.9. The van der Waals surface area contributed by atoms with E-state index in [0.717, 1.165) is 38.3 Å². The second-order valence-corrected chi connectivity index (χ2v) is 8.55. The highest BCUT2D eigenvalue weighted by atomic mass is 35.5. The van der Waals surface area contributed by atoms with Gasteiger partial charge in [-0.2, -0.15) is 0 Å². The molecule has 3 N–H and O–H groups in total. The molecule has 4 rings (SSSR count). The Hall–Kier alpha value is -2.26. The van der Waals surface area contributed by atoms with E-state index < -0.39 is 5.82 Å². The zero-order valence-electron chi connectivity index (χ0n) is 17.8. The fourth-order valence-corrected chi connectivity index (χ4v) is 4.07. The molecule has 2 saturated heterocycles. The van der Waals surface area contributed by atoms with Gasteiger partial charge in [-0.15, -0.1) is 0 Å². The highest BCUT2D eigenvalue weighted by Gasteiger charge is 2.22. The Labute approximate surface area is 192 Å². The van der Waals surface area contributed by atoms with E-state index in [1.807, 2.05) is 0 Å². The molecule has 0 spiro atoms. The molecule has 172 valence electrons. The van der Waals surface area contributed by atoms with Crippen LogP contribution in [0.25, 0.3) is 11.1 Å². The van der Waals surface area contributed by atoms with Crippen molar-refractivity contribution in [3.05, 3.63) is 41.3 Å². The van der Waals surface area contributed by atoms with Crippen molar-refractivity contribution >= 4 is 29.0 Å². The van der Waals surface area contributed by atoms with Crippen LogP contribution in [0.4, 0.5) is 15.9 Å². The summed E-state index contributed by atoms with van der Waals surface area (Å²) in [5, 5.41) is 9.67. The van der Waals surface area contributed by atoms with Gasteiger partial charge in [0, 0.05) is 55.9 Å². The number of pyridine rings is 1. The van der Waals surface area contributed by atoms with Crippen molar-refractivity contribution in [2.45, 2.75) is 12.8 Å². The fraction of sp³-hybridized carbons (Fsp3) is 0.478. The number of rotatable bonds is 6. The van der Waals surface area contributed by atoms with Gasteiger partial charge in [0.05, 0.1) is 24.2 Å². The third-order valence-corrected chi connectivity index (χ3v) is 6.10. The molecule has 3 heterocycles. The molecule has 1 aromatic heterocycles. The van der Waals surface area contributed by atoms with E-state index in [4.69, 9.17) is 21.1 Å². The largest absolute Gasteiger partial charge is 0.385 e. The van der Waals surface area contributed by atoms with Crippen LogP contribution < -0.4 is 16.0 Å². The first-order chi connectivity index (χ1) is 15.6. The van der Waals surface area contributed by atoms with E-state index in [1.165, 1.54) is 12.3 Å². The Balaban J connectivity index is 1.49.